The molecule has 1 fully saturated rings. The molecule has 7 heteroatoms. The summed E-state index contributed by atoms with van der Waals surface area (Å²) in [6.45, 7) is 1.94. The van der Waals surface area contributed by atoms with Gasteiger partial charge in [0.2, 0.25) is 0 Å². The van der Waals surface area contributed by atoms with E-state index in [1.807, 2.05) is 37.3 Å². The normalized spacial score (nSPS) is 22.9. The monoisotopic (exact) mass is 351 g/mol. The molecule has 1 aliphatic heterocycles. The lowest BCUT2D eigenvalue weighted by Gasteiger charge is -2.15. The van der Waals surface area contributed by atoms with E-state index in [2.05, 4.69) is 5.32 Å². The van der Waals surface area contributed by atoms with Crippen LogP contribution in [0.4, 0.5) is 0 Å². The Labute approximate surface area is 138 Å². The van der Waals surface area contributed by atoms with Crippen molar-refractivity contribution >= 4 is 27.1 Å². The summed E-state index contributed by atoms with van der Waals surface area (Å²) in [7, 11) is -3.29. The van der Waals surface area contributed by atoms with Gasteiger partial charge in [-0.1, -0.05) is 30.3 Å². The Hall–Kier alpha value is -1.70. The molecule has 23 heavy (non-hydrogen) atoms. The van der Waals surface area contributed by atoms with Crippen molar-refractivity contribution in [3.63, 3.8) is 0 Å². The number of rotatable bonds is 3. The summed E-state index contributed by atoms with van der Waals surface area (Å²) >= 11 is 1.47. The molecule has 122 valence electrons. The van der Waals surface area contributed by atoms with Crippen LogP contribution in [0.25, 0.3) is 11.1 Å². The van der Waals surface area contributed by atoms with Gasteiger partial charge in [-0.3, -0.25) is 4.79 Å². The Morgan fingerprint density at radius 2 is 1.96 bits per heavy atom. The average molecular weight is 351 g/mol. The number of thiophene rings is 1. The number of aliphatic hydroxyl groups excluding tert-OH is 1. The number of aliphatic hydroxyl groups is 1. The first-order chi connectivity index (χ1) is 10.9. The van der Waals surface area contributed by atoms with Crippen LogP contribution in [0.3, 0.4) is 0 Å². The highest BCUT2D eigenvalue weighted by Gasteiger charge is 2.37. The Morgan fingerprint density at radius 1 is 1.26 bits per heavy atom. The summed E-state index contributed by atoms with van der Waals surface area (Å²) in [6, 6.07) is 8.82. The van der Waals surface area contributed by atoms with Gasteiger partial charge < -0.3 is 10.4 Å². The molecule has 1 aromatic heterocycles. The molecule has 0 aliphatic carbocycles. The zero-order valence-electron chi connectivity index (χ0n) is 12.5. The number of aryl methyl sites for hydroxylation is 1. The lowest BCUT2D eigenvalue weighted by molar-refractivity contribution is 0.0890. The molecule has 0 saturated carbocycles. The van der Waals surface area contributed by atoms with Crippen molar-refractivity contribution in [2.45, 2.75) is 19.1 Å². The van der Waals surface area contributed by atoms with Gasteiger partial charge >= 0.3 is 0 Å². The summed E-state index contributed by atoms with van der Waals surface area (Å²) in [5.41, 5.74) is 2.30. The predicted octanol–water partition coefficient (Wildman–Crippen LogP) is 1.61. The van der Waals surface area contributed by atoms with Gasteiger partial charge in [0.15, 0.2) is 9.84 Å². The highest BCUT2D eigenvalue weighted by Crippen LogP contribution is 2.32. The molecular weight excluding hydrogens is 334 g/mol. The van der Waals surface area contributed by atoms with Gasteiger partial charge in [-0.05, 0) is 12.5 Å². The number of benzene rings is 1. The van der Waals surface area contributed by atoms with Crippen molar-refractivity contribution < 1.29 is 18.3 Å². The Morgan fingerprint density at radius 3 is 2.57 bits per heavy atom. The fourth-order valence-electron chi connectivity index (χ4n) is 2.80. The molecule has 0 bridgehead atoms. The van der Waals surface area contributed by atoms with E-state index in [1.165, 1.54) is 11.3 Å². The third kappa shape index (κ3) is 3.31. The lowest BCUT2D eigenvalue weighted by Crippen LogP contribution is -2.42. The molecule has 0 spiro atoms. The van der Waals surface area contributed by atoms with Gasteiger partial charge in [-0.25, -0.2) is 8.42 Å². The summed E-state index contributed by atoms with van der Waals surface area (Å²) in [4.78, 5) is 13.6. The molecule has 5 nitrogen and oxygen atoms in total. The molecule has 1 saturated heterocycles. The maximum absolute atomic E-state index is 12.6. The quantitative estimate of drug-likeness (QED) is 0.880. The molecule has 1 amide bonds. The first-order valence-corrected chi connectivity index (χ1v) is 9.90. The number of hydrogen-bond acceptors (Lipinski definition) is 5. The summed E-state index contributed by atoms with van der Waals surface area (Å²) in [5.74, 6) is -0.870. The zero-order valence-corrected chi connectivity index (χ0v) is 14.2. The number of hydrogen-bond donors (Lipinski definition) is 2. The van der Waals surface area contributed by atoms with Crippen LogP contribution in [-0.2, 0) is 9.84 Å². The Balaban J connectivity index is 1.87. The lowest BCUT2D eigenvalue weighted by atomic mass is 10.0. The van der Waals surface area contributed by atoms with E-state index in [1.54, 1.807) is 5.38 Å². The smallest absolute Gasteiger partial charge is 0.253 e. The second-order valence-corrected chi connectivity index (χ2v) is 8.91. The molecule has 2 N–H and O–H groups in total. The molecule has 2 aromatic rings. The first kappa shape index (κ1) is 16.2. The molecular formula is C16H17NO4S2. The van der Waals surface area contributed by atoms with E-state index < -0.39 is 22.0 Å². The van der Waals surface area contributed by atoms with Crippen molar-refractivity contribution in [2.24, 2.45) is 0 Å². The van der Waals surface area contributed by atoms with Gasteiger partial charge in [-0.2, -0.15) is 0 Å². The van der Waals surface area contributed by atoms with E-state index in [0.717, 1.165) is 16.0 Å². The highest BCUT2D eigenvalue weighted by atomic mass is 32.2. The summed E-state index contributed by atoms with van der Waals surface area (Å²) in [5, 5.41) is 14.2. The van der Waals surface area contributed by atoms with Crippen LogP contribution in [-0.4, -0.2) is 43.1 Å². The van der Waals surface area contributed by atoms with E-state index in [0.29, 0.717) is 5.56 Å². The van der Waals surface area contributed by atoms with Gasteiger partial charge in [-0.15, -0.1) is 11.3 Å². The predicted molar refractivity (Wildman–Crippen MR) is 90.4 cm³/mol. The molecule has 2 atom stereocenters. The standard InChI is InChI=1S/C16H17NO4S2/c1-10-15(11-5-3-2-4-6-11)12(7-22-10)16(19)17-13-8-23(20,21)9-14(13)18/h2-7,13-14,18H,8-9H2,1H3,(H,17,19). The number of carbonyl (C=O) groups is 1. The van der Waals surface area contributed by atoms with E-state index in [-0.39, 0.29) is 17.4 Å². The minimum Gasteiger partial charge on any atom is -0.390 e. The van der Waals surface area contributed by atoms with Crippen LogP contribution >= 0.6 is 11.3 Å². The minimum absolute atomic E-state index is 0.219. The first-order valence-electron chi connectivity index (χ1n) is 7.20. The zero-order chi connectivity index (χ0) is 16.6. The van der Waals surface area contributed by atoms with E-state index in [9.17, 15) is 18.3 Å². The SMILES string of the molecule is Cc1scc(C(=O)NC2CS(=O)(=O)CC2O)c1-c1ccccc1. The van der Waals surface area contributed by atoms with Crippen LogP contribution in [0.5, 0.6) is 0 Å². The third-order valence-electron chi connectivity index (χ3n) is 3.92. The summed E-state index contributed by atoms with van der Waals surface area (Å²) in [6.07, 6.45) is -1.05. The van der Waals surface area contributed by atoms with Crippen LogP contribution in [0.2, 0.25) is 0 Å². The van der Waals surface area contributed by atoms with Gasteiger partial charge in [0, 0.05) is 15.8 Å². The minimum atomic E-state index is -3.29. The van der Waals surface area contributed by atoms with Gasteiger partial charge in [0.05, 0.1) is 29.2 Å². The second kappa shape index (κ2) is 6.07. The molecule has 1 aromatic carbocycles. The number of nitrogens with one attached hydrogen (secondary N) is 1. The van der Waals surface area contributed by atoms with E-state index >= 15 is 0 Å². The van der Waals surface area contributed by atoms with Gasteiger partial charge in [0.25, 0.3) is 5.91 Å². The molecule has 2 heterocycles. The molecule has 0 radical (unpaired) electrons. The molecule has 3 rings (SSSR count). The Kier molecular flexibility index (Phi) is 4.27. The topological polar surface area (TPSA) is 83.5 Å². The van der Waals surface area contributed by atoms with E-state index in [4.69, 9.17) is 0 Å². The number of amides is 1. The van der Waals surface area contributed by atoms with Crippen LogP contribution in [0, 0.1) is 6.92 Å². The van der Waals surface area contributed by atoms with Crippen molar-refractivity contribution in [1.29, 1.82) is 0 Å². The number of carbonyl (C=O) groups excluding carboxylic acids is 1. The molecule has 1 aliphatic rings. The van der Waals surface area contributed by atoms with Crippen molar-refractivity contribution in [1.82, 2.24) is 5.32 Å². The van der Waals surface area contributed by atoms with Crippen molar-refractivity contribution in [3.05, 3.63) is 46.2 Å². The average Bonchev–Trinajstić information content (AvgIpc) is 2.99. The molecule has 2 unspecified atom stereocenters. The van der Waals surface area contributed by atoms with Crippen LogP contribution < -0.4 is 5.32 Å². The fraction of sp³-hybridized carbons (Fsp3) is 0.312. The maximum Gasteiger partial charge on any atom is 0.253 e. The fourth-order valence-corrected chi connectivity index (χ4v) is 5.41. The van der Waals surface area contributed by atoms with Crippen molar-refractivity contribution in [3.8, 4) is 11.1 Å². The van der Waals surface area contributed by atoms with Crippen LogP contribution in [0.1, 0.15) is 15.2 Å². The maximum atomic E-state index is 12.6. The summed E-state index contributed by atoms with van der Waals surface area (Å²) < 4.78 is 23.1. The largest absolute Gasteiger partial charge is 0.390 e. The van der Waals surface area contributed by atoms with Gasteiger partial charge in [0.1, 0.15) is 0 Å². The number of sulfone groups is 1. The third-order valence-corrected chi connectivity index (χ3v) is 6.55. The Bertz CT molecular complexity index is 827. The highest BCUT2D eigenvalue weighted by molar-refractivity contribution is 7.91. The van der Waals surface area contributed by atoms with Crippen LogP contribution in [0.15, 0.2) is 35.7 Å². The van der Waals surface area contributed by atoms with Crippen molar-refractivity contribution in [2.75, 3.05) is 11.5 Å². The second-order valence-electron chi connectivity index (χ2n) is 5.67.